The minimum atomic E-state index is -0.0865. The molecule has 1 atom stereocenters. The second-order valence-electron chi connectivity index (χ2n) is 4.75. The van der Waals surface area contributed by atoms with E-state index < -0.39 is 0 Å². The first-order chi connectivity index (χ1) is 9.63. The first kappa shape index (κ1) is 14.7. The Labute approximate surface area is 125 Å². The van der Waals surface area contributed by atoms with Gasteiger partial charge in [0.05, 0.1) is 19.6 Å². The second kappa shape index (κ2) is 6.67. The van der Waals surface area contributed by atoms with Crippen LogP contribution in [-0.4, -0.2) is 14.2 Å². The minimum Gasteiger partial charge on any atom is -0.497 e. The molecule has 2 nitrogen and oxygen atoms in total. The fourth-order valence-electron chi connectivity index (χ4n) is 2.16. The third kappa shape index (κ3) is 3.45. The summed E-state index contributed by atoms with van der Waals surface area (Å²) in [6, 6.07) is 14.1. The van der Waals surface area contributed by atoms with Gasteiger partial charge >= 0.3 is 0 Å². The molecule has 0 bridgehead atoms. The quantitative estimate of drug-likeness (QED) is 0.753. The highest BCUT2D eigenvalue weighted by Crippen LogP contribution is 2.30. The van der Waals surface area contributed by atoms with E-state index in [1.807, 2.05) is 37.3 Å². The Morgan fingerprint density at radius 2 is 1.85 bits per heavy atom. The number of hydrogen-bond acceptors (Lipinski definition) is 2. The Morgan fingerprint density at radius 3 is 2.55 bits per heavy atom. The van der Waals surface area contributed by atoms with E-state index in [9.17, 15) is 0 Å². The van der Waals surface area contributed by atoms with E-state index in [0.29, 0.717) is 0 Å². The lowest BCUT2D eigenvalue weighted by Crippen LogP contribution is -1.98. The molecule has 0 aliphatic heterocycles. The average molecular weight is 291 g/mol. The summed E-state index contributed by atoms with van der Waals surface area (Å²) >= 11 is 6.52. The lowest BCUT2D eigenvalue weighted by Gasteiger charge is -2.13. The summed E-state index contributed by atoms with van der Waals surface area (Å²) in [7, 11) is 3.35. The topological polar surface area (TPSA) is 18.5 Å². The van der Waals surface area contributed by atoms with Crippen molar-refractivity contribution in [3.8, 4) is 11.5 Å². The third-order valence-corrected chi connectivity index (χ3v) is 3.75. The van der Waals surface area contributed by atoms with E-state index in [1.165, 1.54) is 0 Å². The van der Waals surface area contributed by atoms with Crippen LogP contribution >= 0.6 is 11.6 Å². The van der Waals surface area contributed by atoms with Crippen molar-refractivity contribution in [3.63, 3.8) is 0 Å². The fraction of sp³-hybridized carbons (Fsp3) is 0.294. The zero-order valence-electron chi connectivity index (χ0n) is 12.0. The van der Waals surface area contributed by atoms with Crippen LogP contribution in [0.1, 0.15) is 22.1 Å². The first-order valence-corrected chi connectivity index (χ1v) is 6.99. The van der Waals surface area contributed by atoms with Gasteiger partial charge in [-0.1, -0.05) is 24.3 Å². The largest absolute Gasteiger partial charge is 0.497 e. The Morgan fingerprint density at radius 1 is 1.05 bits per heavy atom. The molecule has 1 unspecified atom stereocenters. The molecule has 20 heavy (non-hydrogen) atoms. The van der Waals surface area contributed by atoms with Crippen molar-refractivity contribution < 1.29 is 9.47 Å². The van der Waals surface area contributed by atoms with Gasteiger partial charge in [0.2, 0.25) is 0 Å². The van der Waals surface area contributed by atoms with Crippen LogP contribution < -0.4 is 9.47 Å². The van der Waals surface area contributed by atoms with Crippen molar-refractivity contribution in [2.75, 3.05) is 14.2 Å². The molecular weight excluding hydrogens is 272 g/mol. The predicted molar refractivity (Wildman–Crippen MR) is 83.0 cm³/mol. The Hall–Kier alpha value is -1.67. The molecule has 0 N–H and O–H groups in total. The summed E-state index contributed by atoms with van der Waals surface area (Å²) in [5, 5.41) is -0.0865. The highest BCUT2D eigenvalue weighted by molar-refractivity contribution is 6.20. The smallest absolute Gasteiger partial charge is 0.122 e. The number of aryl methyl sites for hydroxylation is 1. The molecule has 2 aromatic rings. The Balaban J connectivity index is 2.16. The van der Waals surface area contributed by atoms with Crippen LogP contribution in [0.25, 0.3) is 0 Å². The number of methoxy groups -OCH3 is 2. The van der Waals surface area contributed by atoms with E-state index in [1.54, 1.807) is 14.2 Å². The second-order valence-corrected chi connectivity index (χ2v) is 5.28. The van der Waals surface area contributed by atoms with Gasteiger partial charge in [-0.15, -0.1) is 11.6 Å². The monoisotopic (exact) mass is 290 g/mol. The van der Waals surface area contributed by atoms with Gasteiger partial charge in [0.25, 0.3) is 0 Å². The molecule has 106 valence electrons. The van der Waals surface area contributed by atoms with E-state index in [4.69, 9.17) is 21.1 Å². The van der Waals surface area contributed by atoms with Crippen molar-refractivity contribution >= 4 is 11.6 Å². The molecule has 0 saturated carbocycles. The molecular formula is C17H19ClO2. The summed E-state index contributed by atoms with van der Waals surface area (Å²) in [6.07, 6.45) is 0.755. The number of hydrogen-bond donors (Lipinski definition) is 0. The van der Waals surface area contributed by atoms with E-state index in [-0.39, 0.29) is 5.38 Å². The molecule has 0 aromatic heterocycles. The van der Waals surface area contributed by atoms with Crippen LogP contribution in [0.4, 0.5) is 0 Å². The van der Waals surface area contributed by atoms with Gasteiger partial charge in [0.15, 0.2) is 0 Å². The molecule has 2 aromatic carbocycles. The van der Waals surface area contributed by atoms with Gasteiger partial charge in [0, 0.05) is 0 Å². The molecule has 0 fully saturated rings. The van der Waals surface area contributed by atoms with Gasteiger partial charge in [-0.05, 0) is 48.2 Å². The maximum atomic E-state index is 6.52. The van der Waals surface area contributed by atoms with Crippen molar-refractivity contribution in [1.82, 2.24) is 0 Å². The molecule has 0 radical (unpaired) electrons. The number of halogens is 1. The standard InChI is InChI=1S/C17H19ClO2/c1-12-7-8-14(11-17(12)20-3)16(18)10-13-5-4-6-15(9-13)19-2/h4-9,11,16H,10H2,1-3H3. The lowest BCUT2D eigenvalue weighted by molar-refractivity contribution is 0.411. The first-order valence-electron chi connectivity index (χ1n) is 6.55. The summed E-state index contributed by atoms with van der Waals surface area (Å²) in [4.78, 5) is 0. The van der Waals surface area contributed by atoms with Crippen molar-refractivity contribution in [2.45, 2.75) is 18.7 Å². The number of rotatable bonds is 5. The Bertz CT molecular complexity index is 581. The fourth-order valence-corrected chi connectivity index (χ4v) is 2.47. The van der Waals surface area contributed by atoms with Crippen molar-refractivity contribution in [3.05, 3.63) is 59.2 Å². The molecule has 2 rings (SSSR count). The molecule has 0 aliphatic rings. The average Bonchev–Trinajstić information content (AvgIpc) is 2.47. The summed E-state index contributed by atoms with van der Waals surface area (Å²) in [5.74, 6) is 1.73. The van der Waals surface area contributed by atoms with Crippen LogP contribution in [0.2, 0.25) is 0 Å². The molecule has 0 heterocycles. The van der Waals surface area contributed by atoms with Crippen molar-refractivity contribution in [1.29, 1.82) is 0 Å². The minimum absolute atomic E-state index is 0.0865. The lowest BCUT2D eigenvalue weighted by atomic mass is 10.0. The molecule has 0 spiro atoms. The van der Waals surface area contributed by atoms with Crippen molar-refractivity contribution in [2.24, 2.45) is 0 Å². The van der Waals surface area contributed by atoms with Gasteiger partial charge in [-0.25, -0.2) is 0 Å². The van der Waals surface area contributed by atoms with Crippen LogP contribution in [-0.2, 0) is 6.42 Å². The van der Waals surface area contributed by atoms with Gasteiger partial charge < -0.3 is 9.47 Å². The molecule has 0 aliphatic carbocycles. The molecule has 0 saturated heterocycles. The maximum absolute atomic E-state index is 6.52. The Kier molecular flexibility index (Phi) is 4.91. The summed E-state index contributed by atoms with van der Waals surface area (Å²) in [5.41, 5.74) is 3.34. The predicted octanol–water partition coefficient (Wildman–Crippen LogP) is 4.53. The third-order valence-electron chi connectivity index (χ3n) is 3.34. The maximum Gasteiger partial charge on any atom is 0.122 e. The zero-order chi connectivity index (χ0) is 14.5. The van der Waals surface area contributed by atoms with E-state index >= 15 is 0 Å². The summed E-state index contributed by atoms with van der Waals surface area (Å²) in [6.45, 7) is 2.02. The van der Waals surface area contributed by atoms with Gasteiger partial charge in [-0.3, -0.25) is 0 Å². The van der Waals surface area contributed by atoms with E-state index in [2.05, 4.69) is 12.1 Å². The van der Waals surface area contributed by atoms with Gasteiger partial charge in [0.1, 0.15) is 11.5 Å². The number of ether oxygens (including phenoxy) is 2. The molecule has 0 amide bonds. The summed E-state index contributed by atoms with van der Waals surface area (Å²) < 4.78 is 10.6. The SMILES string of the molecule is COc1cccc(CC(Cl)c2ccc(C)c(OC)c2)c1. The molecule has 3 heteroatoms. The van der Waals surface area contributed by atoms with Crippen LogP contribution in [0.3, 0.4) is 0 Å². The van der Waals surface area contributed by atoms with Crippen LogP contribution in [0.5, 0.6) is 11.5 Å². The zero-order valence-corrected chi connectivity index (χ0v) is 12.8. The van der Waals surface area contributed by atoms with Gasteiger partial charge in [-0.2, -0.15) is 0 Å². The highest BCUT2D eigenvalue weighted by atomic mass is 35.5. The number of alkyl halides is 1. The van der Waals surface area contributed by atoms with E-state index in [0.717, 1.165) is 34.6 Å². The van der Waals surface area contributed by atoms with Crippen LogP contribution in [0.15, 0.2) is 42.5 Å². The normalized spacial score (nSPS) is 12.0. The van der Waals surface area contributed by atoms with Crippen LogP contribution in [0, 0.1) is 6.92 Å². The highest BCUT2D eigenvalue weighted by Gasteiger charge is 2.11. The number of benzene rings is 2.